The number of carbonyl (C=O) groups is 1. The van der Waals surface area contributed by atoms with Crippen LogP contribution < -0.4 is 9.47 Å². The number of aromatic nitrogens is 1. The first-order chi connectivity index (χ1) is 15.0. The Morgan fingerprint density at radius 1 is 0.968 bits per heavy atom. The predicted octanol–water partition coefficient (Wildman–Crippen LogP) is 5.35. The Bertz CT molecular complexity index is 1190. The number of hydrogen-bond acceptors (Lipinski definition) is 4. The van der Waals surface area contributed by atoms with Crippen molar-refractivity contribution in [2.75, 3.05) is 21.3 Å². The third kappa shape index (κ3) is 4.44. The summed E-state index contributed by atoms with van der Waals surface area (Å²) < 4.78 is 14.1. The van der Waals surface area contributed by atoms with Gasteiger partial charge in [-0.1, -0.05) is 30.3 Å². The largest absolute Gasteiger partial charge is 0.497 e. The number of carbonyl (C=O) groups excluding carboxylic acids is 1. The van der Waals surface area contributed by atoms with Gasteiger partial charge in [-0.25, -0.2) is 0 Å². The smallest absolute Gasteiger partial charge is 0.270 e. The van der Waals surface area contributed by atoms with Gasteiger partial charge in [-0.15, -0.1) is 11.3 Å². The fourth-order valence-corrected chi connectivity index (χ4v) is 4.74. The average molecular weight is 435 g/mol. The number of amides is 1. The summed E-state index contributed by atoms with van der Waals surface area (Å²) in [6.07, 6.45) is 0. The number of thiophene rings is 1. The van der Waals surface area contributed by atoms with E-state index in [1.165, 1.54) is 4.88 Å². The number of benzene rings is 2. The lowest BCUT2D eigenvalue weighted by molar-refractivity contribution is 0.0775. The number of rotatable bonds is 7. The highest BCUT2D eigenvalue weighted by atomic mass is 32.1. The van der Waals surface area contributed by atoms with Gasteiger partial charge in [0, 0.05) is 31.1 Å². The van der Waals surface area contributed by atoms with Crippen LogP contribution in [0.4, 0.5) is 0 Å². The molecule has 0 aliphatic carbocycles. The van der Waals surface area contributed by atoms with Crippen LogP contribution in [0.15, 0.2) is 60.7 Å². The van der Waals surface area contributed by atoms with Gasteiger partial charge >= 0.3 is 0 Å². The van der Waals surface area contributed by atoms with Crippen LogP contribution in [0.3, 0.4) is 0 Å². The van der Waals surface area contributed by atoms with E-state index in [0.29, 0.717) is 18.8 Å². The Morgan fingerprint density at radius 2 is 1.65 bits per heavy atom. The molecule has 2 aromatic carbocycles. The summed E-state index contributed by atoms with van der Waals surface area (Å²) in [5.74, 6) is 1.46. The molecule has 5 nitrogen and oxygen atoms in total. The molecule has 0 atom stereocenters. The van der Waals surface area contributed by atoms with Crippen molar-refractivity contribution in [3.05, 3.63) is 82.4 Å². The van der Waals surface area contributed by atoms with Crippen molar-refractivity contribution in [1.29, 1.82) is 0 Å². The van der Waals surface area contributed by atoms with Gasteiger partial charge < -0.3 is 18.9 Å². The Labute approximate surface area is 186 Å². The van der Waals surface area contributed by atoms with Crippen LogP contribution in [0.2, 0.25) is 0 Å². The van der Waals surface area contributed by atoms with Crippen LogP contribution in [0.1, 0.15) is 26.5 Å². The molecule has 0 saturated carbocycles. The number of ether oxygens (including phenoxy) is 2. The highest BCUT2D eigenvalue weighted by Crippen LogP contribution is 2.31. The van der Waals surface area contributed by atoms with Crippen molar-refractivity contribution in [3.8, 4) is 11.5 Å². The maximum absolute atomic E-state index is 13.4. The van der Waals surface area contributed by atoms with Crippen molar-refractivity contribution in [3.63, 3.8) is 0 Å². The van der Waals surface area contributed by atoms with Gasteiger partial charge in [-0.3, -0.25) is 4.79 Å². The first kappa shape index (κ1) is 21.0. The molecule has 0 spiro atoms. The van der Waals surface area contributed by atoms with E-state index in [1.807, 2.05) is 61.6 Å². The van der Waals surface area contributed by atoms with Crippen LogP contribution in [0.5, 0.6) is 11.5 Å². The minimum absolute atomic E-state index is 0.000216. The van der Waals surface area contributed by atoms with Crippen molar-refractivity contribution in [2.24, 2.45) is 0 Å². The zero-order valence-electron chi connectivity index (χ0n) is 18.2. The second-order valence-electron chi connectivity index (χ2n) is 7.59. The van der Waals surface area contributed by atoms with Gasteiger partial charge in [0.1, 0.15) is 17.2 Å². The molecule has 1 amide bonds. The van der Waals surface area contributed by atoms with Gasteiger partial charge in [0.05, 0.1) is 24.4 Å². The lowest BCUT2D eigenvalue weighted by atomic mass is 10.2. The summed E-state index contributed by atoms with van der Waals surface area (Å²) in [6, 6.07) is 20.0. The average Bonchev–Trinajstić information content (AvgIpc) is 3.30. The molecular formula is C25H26N2O3S. The monoisotopic (exact) mass is 434 g/mol. The van der Waals surface area contributed by atoms with E-state index < -0.39 is 0 Å². The zero-order valence-corrected chi connectivity index (χ0v) is 19.0. The maximum atomic E-state index is 13.4. The highest BCUT2D eigenvalue weighted by Gasteiger charge is 2.21. The van der Waals surface area contributed by atoms with Crippen LogP contribution in [-0.2, 0) is 13.1 Å². The minimum atomic E-state index is -0.000216. The van der Waals surface area contributed by atoms with E-state index in [9.17, 15) is 4.79 Å². The normalized spacial score (nSPS) is 11.0. The SMILES string of the molecule is COc1cc(Cn2c(C(=O)N(C)Cc3ccccc3)cc3sc(C)cc32)cc(OC)c1. The molecule has 0 aliphatic rings. The molecule has 0 radical (unpaired) electrons. The zero-order chi connectivity index (χ0) is 22.0. The van der Waals surface area contributed by atoms with E-state index >= 15 is 0 Å². The fourth-order valence-electron chi connectivity index (χ4n) is 3.78. The molecule has 6 heteroatoms. The van der Waals surface area contributed by atoms with E-state index in [0.717, 1.165) is 32.8 Å². The highest BCUT2D eigenvalue weighted by molar-refractivity contribution is 7.19. The van der Waals surface area contributed by atoms with Crippen LogP contribution in [0, 0.1) is 6.92 Å². The quantitative estimate of drug-likeness (QED) is 0.394. The molecule has 4 rings (SSSR count). The number of aryl methyl sites for hydroxylation is 1. The lowest BCUT2D eigenvalue weighted by Gasteiger charge is -2.19. The minimum Gasteiger partial charge on any atom is -0.497 e. The number of methoxy groups -OCH3 is 2. The first-order valence-corrected chi connectivity index (χ1v) is 10.9. The van der Waals surface area contributed by atoms with Crippen molar-refractivity contribution in [2.45, 2.75) is 20.0 Å². The summed E-state index contributed by atoms with van der Waals surface area (Å²) in [5.41, 5.74) is 3.87. The van der Waals surface area contributed by atoms with E-state index in [-0.39, 0.29) is 5.91 Å². The summed E-state index contributed by atoms with van der Waals surface area (Å²) >= 11 is 1.71. The van der Waals surface area contributed by atoms with Crippen molar-refractivity contribution in [1.82, 2.24) is 9.47 Å². The molecule has 0 fully saturated rings. The molecule has 2 aromatic heterocycles. The van der Waals surface area contributed by atoms with Gasteiger partial charge in [0.15, 0.2) is 0 Å². The second-order valence-corrected chi connectivity index (χ2v) is 8.88. The summed E-state index contributed by atoms with van der Waals surface area (Å²) in [4.78, 5) is 16.4. The molecule has 4 aromatic rings. The van der Waals surface area contributed by atoms with Crippen LogP contribution in [0.25, 0.3) is 10.2 Å². The predicted molar refractivity (Wildman–Crippen MR) is 125 cm³/mol. The van der Waals surface area contributed by atoms with E-state index in [1.54, 1.807) is 30.5 Å². The standard InChI is InChI=1S/C25H26N2O3S/c1-17-10-22-24(31-17)14-23(25(28)26(2)15-18-8-6-5-7-9-18)27(22)16-19-11-20(29-3)13-21(12-19)30-4/h5-14H,15-16H2,1-4H3. The molecule has 0 aliphatic heterocycles. The topological polar surface area (TPSA) is 43.7 Å². The molecule has 0 bridgehead atoms. The Hall–Kier alpha value is -3.25. The number of fused-ring (bicyclic) bond motifs is 1. The van der Waals surface area contributed by atoms with Gasteiger partial charge in [0.25, 0.3) is 5.91 Å². The number of nitrogens with zero attached hydrogens (tertiary/aromatic N) is 2. The molecule has 2 heterocycles. The Kier molecular flexibility index (Phi) is 6.00. The summed E-state index contributed by atoms with van der Waals surface area (Å²) in [6.45, 7) is 3.20. The molecule has 0 saturated heterocycles. The van der Waals surface area contributed by atoms with Crippen molar-refractivity contribution >= 4 is 27.5 Å². The van der Waals surface area contributed by atoms with Crippen LogP contribution >= 0.6 is 11.3 Å². The summed E-state index contributed by atoms with van der Waals surface area (Å²) in [7, 11) is 5.13. The third-order valence-corrected chi connectivity index (χ3v) is 6.28. The molecule has 160 valence electrons. The first-order valence-electron chi connectivity index (χ1n) is 10.1. The van der Waals surface area contributed by atoms with Gasteiger partial charge in [0.2, 0.25) is 0 Å². The van der Waals surface area contributed by atoms with E-state index in [2.05, 4.69) is 17.6 Å². The molecule has 0 N–H and O–H groups in total. The maximum Gasteiger partial charge on any atom is 0.270 e. The Morgan fingerprint density at radius 3 is 2.29 bits per heavy atom. The lowest BCUT2D eigenvalue weighted by Crippen LogP contribution is -2.28. The van der Waals surface area contributed by atoms with Gasteiger partial charge in [-0.2, -0.15) is 0 Å². The molecule has 0 unspecified atom stereocenters. The van der Waals surface area contributed by atoms with E-state index in [4.69, 9.17) is 9.47 Å². The second kappa shape index (κ2) is 8.86. The Balaban J connectivity index is 1.71. The van der Waals surface area contributed by atoms with Gasteiger partial charge in [-0.05, 0) is 42.3 Å². The van der Waals surface area contributed by atoms with Crippen LogP contribution in [-0.4, -0.2) is 36.6 Å². The van der Waals surface area contributed by atoms with Crippen molar-refractivity contribution < 1.29 is 14.3 Å². The fraction of sp³-hybridized carbons (Fsp3) is 0.240. The number of hydrogen-bond donors (Lipinski definition) is 0. The molecule has 31 heavy (non-hydrogen) atoms. The molecular weight excluding hydrogens is 408 g/mol. The third-order valence-electron chi connectivity index (χ3n) is 5.29. The summed E-state index contributed by atoms with van der Waals surface area (Å²) in [5, 5.41) is 0.